The molecule has 3 rings (SSSR count). The Hall–Kier alpha value is -0.340. The second-order valence-corrected chi connectivity index (χ2v) is 9.24. The maximum absolute atomic E-state index is 10.9. The van der Waals surface area contributed by atoms with E-state index in [0.717, 1.165) is 12.8 Å². The molecular weight excluding hydrogens is 272 g/mol. The lowest BCUT2D eigenvalue weighted by atomic mass is 9.71. The van der Waals surface area contributed by atoms with Gasteiger partial charge in [0.25, 0.3) is 0 Å². The number of epoxide rings is 1. The van der Waals surface area contributed by atoms with Gasteiger partial charge in [-0.25, -0.2) is 0 Å². The topological polar surface area (TPSA) is 32.8 Å². The molecule has 0 radical (unpaired) electrons. The maximum atomic E-state index is 10.9. The lowest BCUT2D eigenvalue weighted by Gasteiger charge is -2.34. The van der Waals surface area contributed by atoms with Crippen LogP contribution < -0.4 is 0 Å². The molecular formula is C20H34O2. The van der Waals surface area contributed by atoms with Gasteiger partial charge in [-0.1, -0.05) is 18.6 Å². The summed E-state index contributed by atoms with van der Waals surface area (Å²) in [6.07, 6.45) is 10.8. The van der Waals surface area contributed by atoms with Crippen molar-refractivity contribution in [1.29, 1.82) is 0 Å². The van der Waals surface area contributed by atoms with Crippen molar-refractivity contribution < 1.29 is 9.84 Å². The smallest absolute Gasteiger partial charge is 0.0920 e. The Labute approximate surface area is 136 Å². The first-order chi connectivity index (χ1) is 10.2. The summed E-state index contributed by atoms with van der Waals surface area (Å²) in [4.78, 5) is 0. The van der Waals surface area contributed by atoms with Crippen LogP contribution in [0.25, 0.3) is 0 Å². The highest BCUT2D eigenvalue weighted by molar-refractivity contribution is 5.10. The van der Waals surface area contributed by atoms with Crippen LogP contribution in [0.2, 0.25) is 0 Å². The summed E-state index contributed by atoms with van der Waals surface area (Å²) in [5.74, 6) is 1.21. The van der Waals surface area contributed by atoms with E-state index in [0.29, 0.717) is 23.4 Å². The highest BCUT2D eigenvalue weighted by atomic mass is 16.6. The first kappa shape index (κ1) is 16.5. The SMILES string of the molecule is CC(C)=CCC[C@@]1(C)CC[C@]2(C)O[C@H]2CC[C@](C)(O)[C@H]2C[C@@H]21. The van der Waals surface area contributed by atoms with Crippen molar-refractivity contribution >= 4 is 0 Å². The lowest BCUT2D eigenvalue weighted by molar-refractivity contribution is 0.00753. The summed E-state index contributed by atoms with van der Waals surface area (Å²) < 4.78 is 5.99. The molecule has 6 atom stereocenters. The molecule has 1 heterocycles. The second-order valence-electron chi connectivity index (χ2n) is 9.24. The van der Waals surface area contributed by atoms with E-state index in [1.165, 1.54) is 37.7 Å². The zero-order valence-electron chi connectivity index (χ0n) is 15.1. The minimum atomic E-state index is -0.493. The molecule has 0 bridgehead atoms. The van der Waals surface area contributed by atoms with Gasteiger partial charge in [0, 0.05) is 0 Å². The molecule has 0 amide bonds. The molecule has 1 N–H and O–H groups in total. The molecule has 2 saturated carbocycles. The van der Waals surface area contributed by atoms with Gasteiger partial charge >= 0.3 is 0 Å². The highest BCUT2D eigenvalue weighted by Gasteiger charge is 2.60. The summed E-state index contributed by atoms with van der Waals surface area (Å²) >= 11 is 0. The third-order valence-corrected chi connectivity index (χ3v) is 6.89. The summed E-state index contributed by atoms with van der Waals surface area (Å²) in [5, 5.41) is 10.9. The number of ether oxygens (including phenoxy) is 1. The monoisotopic (exact) mass is 306 g/mol. The number of fused-ring (bicyclic) bond motifs is 2. The van der Waals surface area contributed by atoms with Crippen molar-refractivity contribution in [2.75, 3.05) is 0 Å². The van der Waals surface area contributed by atoms with Crippen molar-refractivity contribution in [3.63, 3.8) is 0 Å². The number of aliphatic hydroxyl groups is 1. The molecule has 0 aromatic heterocycles. The predicted molar refractivity (Wildman–Crippen MR) is 90.7 cm³/mol. The minimum Gasteiger partial charge on any atom is -0.390 e. The molecule has 0 unspecified atom stereocenters. The Kier molecular flexibility index (Phi) is 4.01. The summed E-state index contributed by atoms with van der Waals surface area (Å²) in [6, 6.07) is 0. The van der Waals surface area contributed by atoms with E-state index in [4.69, 9.17) is 4.74 Å². The quantitative estimate of drug-likeness (QED) is 0.597. The summed E-state index contributed by atoms with van der Waals surface area (Å²) in [6.45, 7) is 11.2. The number of rotatable bonds is 3. The average Bonchev–Trinajstić information content (AvgIpc) is 3.28. The third-order valence-electron chi connectivity index (χ3n) is 6.89. The van der Waals surface area contributed by atoms with Gasteiger partial charge in [-0.05, 0) is 89.9 Å². The molecule has 3 fully saturated rings. The first-order valence-corrected chi connectivity index (χ1v) is 9.20. The van der Waals surface area contributed by atoms with Crippen LogP contribution >= 0.6 is 0 Å². The molecule has 1 aliphatic heterocycles. The molecule has 126 valence electrons. The molecule has 2 heteroatoms. The Bertz CT molecular complexity index is 462. The molecule has 22 heavy (non-hydrogen) atoms. The number of hydrogen-bond donors (Lipinski definition) is 1. The van der Waals surface area contributed by atoms with Crippen LogP contribution in [0.3, 0.4) is 0 Å². The Morgan fingerprint density at radius 1 is 1.14 bits per heavy atom. The zero-order valence-corrected chi connectivity index (χ0v) is 15.1. The highest BCUT2D eigenvalue weighted by Crippen LogP contribution is 2.62. The van der Waals surface area contributed by atoms with Gasteiger partial charge in [-0.15, -0.1) is 0 Å². The van der Waals surface area contributed by atoms with E-state index in [1.807, 2.05) is 0 Å². The van der Waals surface area contributed by atoms with Gasteiger partial charge in [0.15, 0.2) is 0 Å². The van der Waals surface area contributed by atoms with Crippen molar-refractivity contribution in [3.05, 3.63) is 11.6 Å². The van der Waals surface area contributed by atoms with Crippen molar-refractivity contribution in [3.8, 4) is 0 Å². The van der Waals surface area contributed by atoms with Crippen LogP contribution in [-0.4, -0.2) is 22.4 Å². The normalized spacial score (nSPS) is 50.5. The minimum absolute atomic E-state index is 0.0928. The van der Waals surface area contributed by atoms with Crippen LogP contribution in [0, 0.1) is 17.3 Å². The fraction of sp³-hybridized carbons (Fsp3) is 0.900. The molecule has 0 aromatic rings. The van der Waals surface area contributed by atoms with Crippen molar-refractivity contribution in [1.82, 2.24) is 0 Å². The van der Waals surface area contributed by atoms with Crippen LogP contribution in [0.4, 0.5) is 0 Å². The van der Waals surface area contributed by atoms with E-state index in [-0.39, 0.29) is 5.60 Å². The Morgan fingerprint density at radius 2 is 1.86 bits per heavy atom. The van der Waals surface area contributed by atoms with Crippen molar-refractivity contribution in [2.45, 2.75) is 96.9 Å². The molecule has 0 spiro atoms. The first-order valence-electron chi connectivity index (χ1n) is 9.20. The molecule has 3 aliphatic rings. The Morgan fingerprint density at radius 3 is 2.55 bits per heavy atom. The van der Waals surface area contributed by atoms with Gasteiger partial charge in [0.2, 0.25) is 0 Å². The van der Waals surface area contributed by atoms with E-state index in [9.17, 15) is 5.11 Å². The summed E-state index contributed by atoms with van der Waals surface area (Å²) in [5.41, 5.74) is 1.38. The molecule has 2 nitrogen and oxygen atoms in total. The number of allylic oxidation sites excluding steroid dienone is 2. The van der Waals surface area contributed by atoms with Crippen molar-refractivity contribution in [2.24, 2.45) is 17.3 Å². The predicted octanol–water partition coefficient (Wildman–Crippen LogP) is 4.86. The van der Waals surface area contributed by atoms with Crippen LogP contribution in [0.15, 0.2) is 11.6 Å². The van der Waals surface area contributed by atoms with E-state index in [2.05, 4.69) is 40.7 Å². The zero-order chi connectivity index (χ0) is 16.2. The van der Waals surface area contributed by atoms with E-state index >= 15 is 0 Å². The number of hydrogen-bond acceptors (Lipinski definition) is 2. The second kappa shape index (κ2) is 5.34. The fourth-order valence-corrected chi connectivity index (χ4v) is 4.86. The van der Waals surface area contributed by atoms with Gasteiger partial charge < -0.3 is 9.84 Å². The lowest BCUT2D eigenvalue weighted by Crippen LogP contribution is -2.34. The summed E-state index contributed by atoms with van der Waals surface area (Å²) in [7, 11) is 0. The Balaban J connectivity index is 1.74. The molecule has 1 saturated heterocycles. The van der Waals surface area contributed by atoms with Crippen LogP contribution in [0.5, 0.6) is 0 Å². The van der Waals surface area contributed by atoms with Gasteiger partial charge in [0.1, 0.15) is 0 Å². The largest absolute Gasteiger partial charge is 0.390 e. The fourth-order valence-electron chi connectivity index (χ4n) is 4.86. The van der Waals surface area contributed by atoms with E-state index < -0.39 is 5.60 Å². The average molecular weight is 306 g/mol. The van der Waals surface area contributed by atoms with Crippen LogP contribution in [0.1, 0.15) is 79.6 Å². The van der Waals surface area contributed by atoms with Gasteiger partial charge in [-0.3, -0.25) is 0 Å². The maximum Gasteiger partial charge on any atom is 0.0920 e. The van der Waals surface area contributed by atoms with Gasteiger partial charge in [0.05, 0.1) is 17.3 Å². The third kappa shape index (κ3) is 3.14. The molecule has 0 aromatic carbocycles. The van der Waals surface area contributed by atoms with E-state index in [1.54, 1.807) is 0 Å². The standard InChI is InChI=1S/C20H34O2/c1-14(2)7-6-9-18(3)11-12-20(5)17(22-20)8-10-19(4,21)16-13-15(16)18/h7,15-17,21H,6,8-13H2,1-5H3/t15-,16-,17-,18-,19-,20-/m0/s1. The van der Waals surface area contributed by atoms with Gasteiger partial charge in [-0.2, -0.15) is 0 Å². The van der Waals surface area contributed by atoms with Crippen LogP contribution in [-0.2, 0) is 4.74 Å². The molecule has 2 aliphatic carbocycles.